The van der Waals surface area contributed by atoms with Gasteiger partial charge in [0, 0.05) is 30.8 Å². The molecule has 3 heterocycles. The van der Waals surface area contributed by atoms with E-state index in [1.807, 2.05) is 39.1 Å². The summed E-state index contributed by atoms with van der Waals surface area (Å²) in [5.74, 6) is 0.926. The number of aryl methyl sites for hydroxylation is 2. The Balaban J connectivity index is 1.46. The largest absolute Gasteiger partial charge is 0.475 e. The zero-order valence-electron chi connectivity index (χ0n) is 28.4. The second-order valence-electron chi connectivity index (χ2n) is 13.9. The van der Waals surface area contributed by atoms with E-state index in [1.54, 1.807) is 35.5 Å². The van der Waals surface area contributed by atoms with Crippen molar-refractivity contribution in [3.8, 4) is 17.1 Å². The molecule has 2 aromatic carbocycles. The number of sulfonamides is 1. The molecule has 2 aliphatic rings. The Hall–Kier alpha value is -4.58. The average molecular weight is 670 g/mol. The number of fused-ring (bicyclic) bond motifs is 4. The first-order valence-electron chi connectivity index (χ1n) is 16.3. The molecular weight excluding hydrogens is 627 g/mol. The van der Waals surface area contributed by atoms with Gasteiger partial charge in [-0.1, -0.05) is 45.0 Å². The predicted octanol–water partition coefficient (Wildman–Crippen LogP) is 6.04. The van der Waals surface area contributed by atoms with Gasteiger partial charge < -0.3 is 14.5 Å². The summed E-state index contributed by atoms with van der Waals surface area (Å²) in [4.78, 5) is 36.7. The molecule has 1 N–H and O–H groups in total. The van der Waals surface area contributed by atoms with Crippen molar-refractivity contribution < 1.29 is 17.9 Å². The monoisotopic (exact) mass is 669 g/mol. The van der Waals surface area contributed by atoms with Crippen LogP contribution in [0.5, 0.6) is 5.88 Å². The van der Waals surface area contributed by atoms with E-state index >= 15 is 0 Å². The van der Waals surface area contributed by atoms with Gasteiger partial charge in [-0.2, -0.15) is 4.98 Å². The van der Waals surface area contributed by atoms with Crippen LogP contribution in [0.1, 0.15) is 67.2 Å². The highest BCUT2D eigenvalue weighted by atomic mass is 32.2. The first-order valence-corrected chi connectivity index (χ1v) is 17.8. The molecule has 0 spiro atoms. The standard InChI is InChI=1S/C36H43N7O4S/c1-23(2)20-42(6)31-19-37-18-27(38-31)21-43-28(17-36(5)13-14-36)22-47-32-16-30(33-24(3)9-7-10-25(33)4)39-35(40-32)41-48(45,46)29-12-8-11-26(15-29)34(43)44/h7-12,15-16,18-19,23,28H,13-14,17,20-22H2,1-6H3,(H,39,40,41)/t28-/m1/s1. The van der Waals surface area contributed by atoms with E-state index in [2.05, 4.69) is 45.3 Å². The maximum atomic E-state index is 14.5. The minimum atomic E-state index is -4.16. The Morgan fingerprint density at radius 3 is 2.48 bits per heavy atom. The Morgan fingerprint density at radius 2 is 1.77 bits per heavy atom. The van der Waals surface area contributed by atoms with E-state index in [-0.39, 0.29) is 52.8 Å². The highest BCUT2D eigenvalue weighted by Crippen LogP contribution is 2.49. The molecule has 12 heteroatoms. The van der Waals surface area contributed by atoms with Gasteiger partial charge in [0.15, 0.2) is 0 Å². The number of carbonyl (C=O) groups excluding carboxylic acids is 1. The van der Waals surface area contributed by atoms with Crippen molar-refractivity contribution in [3.63, 3.8) is 0 Å². The van der Waals surface area contributed by atoms with E-state index in [4.69, 9.17) is 9.72 Å². The number of carbonyl (C=O) groups is 1. The molecule has 1 fully saturated rings. The van der Waals surface area contributed by atoms with Crippen LogP contribution in [0, 0.1) is 25.2 Å². The molecule has 11 nitrogen and oxygen atoms in total. The summed E-state index contributed by atoms with van der Waals surface area (Å²) in [6, 6.07) is 13.4. The number of nitrogens with one attached hydrogen (secondary N) is 1. The van der Waals surface area contributed by atoms with Gasteiger partial charge in [-0.25, -0.2) is 23.1 Å². The maximum Gasteiger partial charge on any atom is 0.264 e. The normalized spacial score (nSPS) is 18.2. The van der Waals surface area contributed by atoms with Crippen LogP contribution in [0.2, 0.25) is 0 Å². The molecule has 0 saturated heterocycles. The second kappa shape index (κ2) is 13.1. The zero-order chi connectivity index (χ0) is 34.2. The van der Waals surface area contributed by atoms with Crippen molar-refractivity contribution in [2.75, 3.05) is 29.8 Å². The number of benzene rings is 2. The lowest BCUT2D eigenvalue weighted by atomic mass is 9.97. The zero-order valence-corrected chi connectivity index (χ0v) is 29.2. The molecule has 4 aromatic rings. The number of aromatic nitrogens is 4. The fourth-order valence-corrected chi connectivity index (χ4v) is 7.29. The highest BCUT2D eigenvalue weighted by Gasteiger charge is 2.42. The van der Waals surface area contributed by atoms with Crippen LogP contribution in [0.4, 0.5) is 11.8 Å². The Labute approximate surface area is 282 Å². The highest BCUT2D eigenvalue weighted by molar-refractivity contribution is 7.92. The summed E-state index contributed by atoms with van der Waals surface area (Å²) in [6.07, 6.45) is 6.19. The molecule has 1 aliphatic carbocycles. The van der Waals surface area contributed by atoms with E-state index in [0.29, 0.717) is 29.5 Å². The van der Waals surface area contributed by atoms with Crippen molar-refractivity contribution in [2.45, 2.75) is 71.4 Å². The number of rotatable bonds is 8. The summed E-state index contributed by atoms with van der Waals surface area (Å²) in [7, 11) is -2.19. The van der Waals surface area contributed by atoms with Crippen LogP contribution in [0.25, 0.3) is 11.3 Å². The lowest BCUT2D eigenvalue weighted by Gasteiger charge is -2.33. The van der Waals surface area contributed by atoms with Gasteiger partial charge in [0.2, 0.25) is 11.8 Å². The molecule has 2 aromatic heterocycles. The van der Waals surface area contributed by atoms with Gasteiger partial charge in [-0.05, 0) is 73.8 Å². The fourth-order valence-electron chi connectivity index (χ4n) is 6.30. The van der Waals surface area contributed by atoms with E-state index in [0.717, 1.165) is 36.1 Å². The van der Waals surface area contributed by atoms with Crippen molar-refractivity contribution in [1.29, 1.82) is 0 Å². The van der Waals surface area contributed by atoms with Crippen molar-refractivity contribution >= 4 is 27.7 Å². The minimum absolute atomic E-state index is 0.0541. The van der Waals surface area contributed by atoms with Crippen LogP contribution in [0.15, 0.2) is 65.8 Å². The molecule has 48 heavy (non-hydrogen) atoms. The van der Waals surface area contributed by atoms with E-state index in [9.17, 15) is 13.2 Å². The SMILES string of the molecule is Cc1cccc(C)c1-c1cc2nc(n1)NS(=O)(=O)c1cccc(c1)C(=O)N(Cc1cncc(N(C)CC(C)C)n1)[C@H](CC1(C)CC1)CO2. The molecule has 1 atom stereocenters. The Morgan fingerprint density at radius 1 is 1.04 bits per heavy atom. The molecule has 1 aliphatic heterocycles. The van der Waals surface area contributed by atoms with Crippen LogP contribution < -0.4 is 14.4 Å². The molecule has 252 valence electrons. The molecule has 0 radical (unpaired) electrons. The predicted molar refractivity (Wildman–Crippen MR) is 185 cm³/mol. The van der Waals surface area contributed by atoms with E-state index < -0.39 is 10.0 Å². The van der Waals surface area contributed by atoms with E-state index in [1.165, 1.54) is 12.1 Å². The third-order valence-electron chi connectivity index (χ3n) is 9.05. The van der Waals surface area contributed by atoms with Crippen molar-refractivity contribution in [1.82, 2.24) is 24.8 Å². The van der Waals surface area contributed by atoms with Crippen LogP contribution in [0.3, 0.4) is 0 Å². The van der Waals surface area contributed by atoms with Crippen LogP contribution in [-0.2, 0) is 16.6 Å². The molecule has 1 saturated carbocycles. The summed E-state index contributed by atoms with van der Waals surface area (Å²) in [6.45, 7) is 11.6. The third kappa shape index (κ3) is 7.43. The average Bonchev–Trinajstić information content (AvgIpc) is 3.77. The summed E-state index contributed by atoms with van der Waals surface area (Å²) in [5.41, 5.74) is 4.30. The first-order chi connectivity index (χ1) is 22.8. The van der Waals surface area contributed by atoms with Gasteiger partial charge >= 0.3 is 0 Å². The van der Waals surface area contributed by atoms with Crippen LogP contribution >= 0.6 is 0 Å². The molecule has 1 amide bonds. The number of hydrogen-bond acceptors (Lipinski definition) is 9. The summed E-state index contributed by atoms with van der Waals surface area (Å²) < 4.78 is 36.3. The van der Waals surface area contributed by atoms with Crippen molar-refractivity contribution in [3.05, 3.63) is 83.3 Å². The number of ether oxygens (including phenoxy) is 1. The quantitative estimate of drug-likeness (QED) is 0.239. The van der Waals surface area contributed by atoms with Gasteiger partial charge in [0.1, 0.15) is 12.4 Å². The number of amides is 1. The van der Waals surface area contributed by atoms with Crippen LogP contribution in [-0.4, -0.2) is 65.4 Å². The Bertz CT molecular complexity index is 1920. The number of anilines is 2. The second-order valence-corrected chi connectivity index (χ2v) is 15.6. The number of hydrogen-bond donors (Lipinski definition) is 1. The van der Waals surface area contributed by atoms with Gasteiger partial charge in [-0.15, -0.1) is 0 Å². The van der Waals surface area contributed by atoms with Crippen molar-refractivity contribution in [2.24, 2.45) is 11.3 Å². The minimum Gasteiger partial charge on any atom is -0.475 e. The smallest absolute Gasteiger partial charge is 0.264 e. The summed E-state index contributed by atoms with van der Waals surface area (Å²) in [5, 5.41) is 0. The fraction of sp³-hybridized carbons (Fsp3) is 0.417. The number of nitrogens with zero attached hydrogens (tertiary/aromatic N) is 6. The molecule has 6 rings (SSSR count). The first kappa shape index (κ1) is 33.3. The van der Waals surface area contributed by atoms with Gasteiger partial charge in [0.05, 0.1) is 41.3 Å². The van der Waals surface area contributed by atoms with Gasteiger partial charge in [0.25, 0.3) is 15.9 Å². The third-order valence-corrected chi connectivity index (χ3v) is 10.4. The summed E-state index contributed by atoms with van der Waals surface area (Å²) >= 11 is 0. The Kier molecular flexibility index (Phi) is 9.12. The topological polar surface area (TPSA) is 131 Å². The lowest BCUT2D eigenvalue weighted by molar-refractivity contribution is 0.0537. The maximum absolute atomic E-state index is 14.5. The van der Waals surface area contributed by atoms with Gasteiger partial charge in [-0.3, -0.25) is 9.78 Å². The molecule has 0 unspecified atom stereocenters. The molecular formula is C36H43N7O4S. The molecule has 4 bridgehead atoms. The lowest BCUT2D eigenvalue weighted by Crippen LogP contribution is -2.44.